The van der Waals surface area contributed by atoms with E-state index in [-0.39, 0.29) is 11.5 Å². The second-order valence-corrected chi connectivity index (χ2v) is 6.80. The molecular weight excluding hydrogens is 381 g/mol. The van der Waals surface area contributed by atoms with Gasteiger partial charge in [-0.15, -0.1) is 0 Å². The van der Waals surface area contributed by atoms with Crippen LogP contribution in [0.5, 0.6) is 0 Å². The van der Waals surface area contributed by atoms with Gasteiger partial charge in [0, 0.05) is 40.4 Å². The number of halogens is 1. The molecule has 4 rings (SSSR count). The zero-order valence-electron chi connectivity index (χ0n) is 15.8. The molecule has 4 aromatic rings. The minimum Gasteiger partial charge on any atom is -0.342 e. The Morgan fingerprint density at radius 1 is 1.10 bits per heavy atom. The Kier molecular flexibility index (Phi) is 5.10. The molecule has 0 aliphatic carbocycles. The summed E-state index contributed by atoms with van der Waals surface area (Å²) in [6, 6.07) is 22.4. The Morgan fingerprint density at radius 2 is 1.87 bits per heavy atom. The fraction of sp³-hybridized carbons (Fsp3) is 0.0417. The van der Waals surface area contributed by atoms with E-state index in [0.29, 0.717) is 23.2 Å². The molecule has 1 aromatic heterocycles. The SMILES string of the molecule is N#CC(=Cc1cn(Cc2ccccc2F)c2ccccc12)c1cccc([N+](=O)[O-])c1. The summed E-state index contributed by atoms with van der Waals surface area (Å²) >= 11 is 0. The predicted octanol–water partition coefficient (Wildman–Crippen LogP) is 5.80. The van der Waals surface area contributed by atoms with Gasteiger partial charge in [-0.1, -0.05) is 48.5 Å². The summed E-state index contributed by atoms with van der Waals surface area (Å²) in [5.74, 6) is -0.276. The van der Waals surface area contributed by atoms with Gasteiger partial charge >= 0.3 is 0 Å². The standard InChI is InChI=1S/C24H16FN3O2/c25-23-10-3-1-6-18(23)15-27-16-20(22-9-2-4-11-24(22)27)12-19(14-26)17-7-5-8-21(13-17)28(29)30/h1-13,16H,15H2. The number of allylic oxidation sites excluding steroid dienone is 1. The molecule has 0 bridgehead atoms. The quantitative estimate of drug-likeness (QED) is 0.243. The number of non-ortho nitro benzene ring substituents is 1. The summed E-state index contributed by atoms with van der Waals surface area (Å²) in [7, 11) is 0. The van der Waals surface area contributed by atoms with Crippen LogP contribution in [0.3, 0.4) is 0 Å². The maximum Gasteiger partial charge on any atom is 0.270 e. The Labute approximate surface area is 172 Å². The first-order valence-electron chi connectivity index (χ1n) is 9.25. The molecule has 0 amide bonds. The zero-order chi connectivity index (χ0) is 21.1. The van der Waals surface area contributed by atoms with E-state index in [1.54, 1.807) is 36.4 Å². The monoisotopic (exact) mass is 397 g/mol. The van der Waals surface area contributed by atoms with Crippen molar-refractivity contribution in [2.45, 2.75) is 6.54 Å². The maximum absolute atomic E-state index is 14.1. The molecule has 3 aromatic carbocycles. The van der Waals surface area contributed by atoms with Gasteiger partial charge in [0.2, 0.25) is 0 Å². The lowest BCUT2D eigenvalue weighted by atomic mass is 10.0. The highest BCUT2D eigenvalue weighted by Crippen LogP contribution is 2.28. The Hall–Kier alpha value is -4.24. The second kappa shape index (κ2) is 8.02. The van der Waals surface area contributed by atoms with Crippen molar-refractivity contribution in [3.8, 4) is 6.07 Å². The van der Waals surface area contributed by atoms with E-state index in [0.717, 1.165) is 16.5 Å². The van der Waals surface area contributed by atoms with Crippen LogP contribution in [0.25, 0.3) is 22.6 Å². The number of hydrogen-bond donors (Lipinski definition) is 0. The minimum atomic E-state index is -0.487. The topological polar surface area (TPSA) is 71.9 Å². The van der Waals surface area contributed by atoms with Gasteiger partial charge in [-0.05, 0) is 23.8 Å². The molecule has 0 unspecified atom stereocenters. The van der Waals surface area contributed by atoms with Gasteiger partial charge in [0.15, 0.2) is 0 Å². The average Bonchev–Trinajstić information content (AvgIpc) is 3.11. The molecule has 0 aliphatic rings. The van der Waals surface area contributed by atoms with E-state index in [1.807, 2.05) is 35.0 Å². The first kappa shape index (κ1) is 19.1. The third kappa shape index (κ3) is 3.69. The van der Waals surface area contributed by atoms with Crippen LogP contribution in [-0.4, -0.2) is 9.49 Å². The summed E-state index contributed by atoms with van der Waals surface area (Å²) in [5, 5.41) is 21.7. The summed E-state index contributed by atoms with van der Waals surface area (Å²) in [5.41, 5.74) is 2.96. The fourth-order valence-electron chi connectivity index (χ4n) is 3.45. The number of benzene rings is 3. The van der Waals surface area contributed by atoms with Gasteiger partial charge in [0.1, 0.15) is 5.82 Å². The zero-order valence-corrected chi connectivity index (χ0v) is 15.8. The first-order valence-corrected chi connectivity index (χ1v) is 9.25. The predicted molar refractivity (Wildman–Crippen MR) is 114 cm³/mol. The molecule has 0 aliphatic heterocycles. The number of aromatic nitrogens is 1. The maximum atomic E-state index is 14.1. The van der Waals surface area contributed by atoms with Gasteiger partial charge < -0.3 is 4.57 Å². The normalized spacial score (nSPS) is 11.4. The largest absolute Gasteiger partial charge is 0.342 e. The van der Waals surface area contributed by atoms with Crippen molar-refractivity contribution in [2.75, 3.05) is 0 Å². The van der Waals surface area contributed by atoms with E-state index in [9.17, 15) is 19.8 Å². The molecular formula is C24H16FN3O2. The molecule has 0 atom stereocenters. The van der Waals surface area contributed by atoms with Crippen LogP contribution in [0.4, 0.5) is 10.1 Å². The van der Waals surface area contributed by atoms with Gasteiger partial charge in [-0.25, -0.2) is 4.39 Å². The Balaban J connectivity index is 1.81. The average molecular weight is 397 g/mol. The molecule has 1 heterocycles. The number of para-hydroxylation sites is 1. The van der Waals surface area contributed by atoms with Gasteiger partial charge in [0.25, 0.3) is 5.69 Å². The van der Waals surface area contributed by atoms with Crippen molar-refractivity contribution in [1.82, 2.24) is 4.57 Å². The lowest BCUT2D eigenvalue weighted by Crippen LogP contribution is -2.00. The van der Waals surface area contributed by atoms with Crippen molar-refractivity contribution >= 4 is 28.2 Å². The number of fused-ring (bicyclic) bond motifs is 1. The van der Waals surface area contributed by atoms with Crippen LogP contribution in [0.2, 0.25) is 0 Å². The molecule has 0 saturated carbocycles. The highest BCUT2D eigenvalue weighted by atomic mass is 19.1. The molecule has 0 fully saturated rings. The van der Waals surface area contributed by atoms with Gasteiger partial charge in [-0.3, -0.25) is 10.1 Å². The van der Waals surface area contributed by atoms with Crippen molar-refractivity contribution in [3.63, 3.8) is 0 Å². The molecule has 0 radical (unpaired) electrons. The van der Waals surface area contributed by atoms with Crippen LogP contribution >= 0.6 is 0 Å². The summed E-state index contributed by atoms with van der Waals surface area (Å²) in [6.07, 6.45) is 3.57. The lowest BCUT2D eigenvalue weighted by molar-refractivity contribution is -0.384. The van der Waals surface area contributed by atoms with Gasteiger partial charge in [0.05, 0.1) is 23.1 Å². The number of nitro benzene ring substituents is 1. The number of nitro groups is 1. The smallest absolute Gasteiger partial charge is 0.270 e. The summed E-state index contributed by atoms with van der Waals surface area (Å²) in [4.78, 5) is 10.6. The number of nitriles is 1. The van der Waals surface area contributed by atoms with E-state index >= 15 is 0 Å². The van der Waals surface area contributed by atoms with Crippen LogP contribution in [-0.2, 0) is 6.54 Å². The number of rotatable bonds is 5. The highest BCUT2D eigenvalue weighted by Gasteiger charge is 2.12. The van der Waals surface area contributed by atoms with Crippen molar-refractivity contribution in [1.29, 1.82) is 5.26 Å². The number of nitrogens with zero attached hydrogens (tertiary/aromatic N) is 3. The van der Waals surface area contributed by atoms with E-state index < -0.39 is 4.92 Å². The summed E-state index contributed by atoms with van der Waals surface area (Å²) in [6.45, 7) is 0.347. The third-order valence-corrected chi connectivity index (χ3v) is 4.91. The lowest BCUT2D eigenvalue weighted by Gasteiger charge is -2.06. The fourth-order valence-corrected chi connectivity index (χ4v) is 3.45. The molecule has 6 heteroatoms. The third-order valence-electron chi connectivity index (χ3n) is 4.91. The van der Waals surface area contributed by atoms with Crippen LogP contribution in [0.1, 0.15) is 16.7 Å². The first-order chi connectivity index (χ1) is 14.6. The van der Waals surface area contributed by atoms with Crippen LogP contribution in [0, 0.1) is 27.3 Å². The second-order valence-electron chi connectivity index (χ2n) is 6.80. The molecule has 30 heavy (non-hydrogen) atoms. The van der Waals surface area contributed by atoms with Crippen molar-refractivity contribution in [3.05, 3.63) is 112 Å². The molecule has 5 nitrogen and oxygen atoms in total. The minimum absolute atomic E-state index is 0.0735. The van der Waals surface area contributed by atoms with Crippen molar-refractivity contribution < 1.29 is 9.31 Å². The number of hydrogen-bond acceptors (Lipinski definition) is 3. The van der Waals surface area contributed by atoms with E-state index in [1.165, 1.54) is 18.2 Å². The summed E-state index contributed by atoms with van der Waals surface area (Å²) < 4.78 is 16.1. The molecule has 0 spiro atoms. The Morgan fingerprint density at radius 3 is 2.63 bits per heavy atom. The van der Waals surface area contributed by atoms with Crippen LogP contribution < -0.4 is 0 Å². The molecule has 146 valence electrons. The highest BCUT2D eigenvalue weighted by molar-refractivity contribution is 5.98. The Bertz CT molecular complexity index is 1330. The van der Waals surface area contributed by atoms with Crippen molar-refractivity contribution in [2.24, 2.45) is 0 Å². The molecule has 0 N–H and O–H groups in total. The van der Waals surface area contributed by atoms with Gasteiger partial charge in [-0.2, -0.15) is 5.26 Å². The van der Waals surface area contributed by atoms with Crippen LogP contribution in [0.15, 0.2) is 79.0 Å². The van der Waals surface area contributed by atoms with E-state index in [4.69, 9.17) is 0 Å². The molecule has 0 saturated heterocycles. The van der Waals surface area contributed by atoms with E-state index in [2.05, 4.69) is 6.07 Å².